The monoisotopic (exact) mass is 437 g/mol. The van der Waals surface area contributed by atoms with Gasteiger partial charge < -0.3 is 5.73 Å². The number of nitrogens with zero attached hydrogens (tertiary/aromatic N) is 1. The molecule has 3 aromatic rings. The van der Waals surface area contributed by atoms with Gasteiger partial charge in [0.1, 0.15) is 5.84 Å². The Balaban J connectivity index is 1.26. The van der Waals surface area contributed by atoms with Crippen molar-refractivity contribution in [3.8, 4) is 0 Å². The van der Waals surface area contributed by atoms with E-state index >= 15 is 0 Å². The fourth-order valence-electron chi connectivity index (χ4n) is 6.68. The minimum atomic E-state index is 0.132. The number of amidine groups is 1. The fourth-order valence-corrected chi connectivity index (χ4v) is 6.68. The van der Waals surface area contributed by atoms with E-state index in [-0.39, 0.29) is 5.84 Å². The Bertz CT molecular complexity index is 1210. The standard InChI is InChI=1S/C30H35N3/c1-33-14-13-19-7-10-24(17-28(19)29(33)20-5-3-2-4-6-20)27-18-26(27)23-11-8-22-16-25(30(31)32)12-9-21(22)15-23/h7-12,15-17,20,26-27,29H,2-6,13-14,18H2,1H3,(H3,31,32)/t26?,27-,29?/m1/s1. The maximum Gasteiger partial charge on any atom is 0.122 e. The first-order chi connectivity index (χ1) is 16.1. The second-order valence-electron chi connectivity index (χ2n) is 10.7. The van der Waals surface area contributed by atoms with Gasteiger partial charge in [0.2, 0.25) is 0 Å². The van der Waals surface area contributed by atoms with Crippen LogP contribution in [0.25, 0.3) is 10.8 Å². The highest BCUT2D eigenvalue weighted by Gasteiger charge is 2.41. The lowest BCUT2D eigenvalue weighted by Gasteiger charge is -2.41. The van der Waals surface area contributed by atoms with Crippen LogP contribution in [0.4, 0.5) is 0 Å². The normalized spacial score (nSPS) is 25.7. The van der Waals surface area contributed by atoms with Crippen molar-refractivity contribution in [2.45, 2.75) is 62.8 Å². The highest BCUT2D eigenvalue weighted by Crippen LogP contribution is 2.55. The van der Waals surface area contributed by atoms with Crippen LogP contribution in [0.15, 0.2) is 54.6 Å². The Morgan fingerprint density at radius 3 is 2.36 bits per heavy atom. The Labute approximate surface area is 197 Å². The van der Waals surface area contributed by atoms with Crippen LogP contribution in [0.5, 0.6) is 0 Å². The highest BCUT2D eigenvalue weighted by molar-refractivity contribution is 5.99. The molecule has 0 radical (unpaired) electrons. The van der Waals surface area contributed by atoms with E-state index in [4.69, 9.17) is 11.1 Å². The number of nitrogen functional groups attached to an aromatic ring is 1. The van der Waals surface area contributed by atoms with Crippen LogP contribution in [0, 0.1) is 11.3 Å². The molecule has 0 saturated heterocycles. The average Bonchev–Trinajstić information content (AvgIpc) is 3.64. The second-order valence-corrected chi connectivity index (χ2v) is 10.7. The van der Waals surface area contributed by atoms with Gasteiger partial charge in [-0.3, -0.25) is 10.3 Å². The molecule has 3 heteroatoms. The van der Waals surface area contributed by atoms with Crippen molar-refractivity contribution in [2.24, 2.45) is 11.7 Å². The number of benzene rings is 3. The van der Waals surface area contributed by atoms with E-state index in [2.05, 4.69) is 54.4 Å². The van der Waals surface area contributed by atoms with Gasteiger partial charge in [-0.1, -0.05) is 67.8 Å². The van der Waals surface area contributed by atoms with Crippen molar-refractivity contribution in [1.82, 2.24) is 4.90 Å². The highest BCUT2D eigenvalue weighted by atomic mass is 15.1. The fraction of sp³-hybridized carbons (Fsp3) is 0.433. The molecule has 2 fully saturated rings. The van der Waals surface area contributed by atoms with Crippen molar-refractivity contribution in [2.75, 3.05) is 13.6 Å². The first-order valence-electron chi connectivity index (χ1n) is 12.8. The van der Waals surface area contributed by atoms with Crippen molar-refractivity contribution < 1.29 is 0 Å². The molecule has 0 bridgehead atoms. The molecule has 33 heavy (non-hydrogen) atoms. The quantitative estimate of drug-likeness (QED) is 0.361. The molecule has 3 atom stereocenters. The molecule has 6 rings (SSSR count). The molecule has 0 aromatic heterocycles. The first kappa shape index (κ1) is 20.9. The number of nitrogens with two attached hydrogens (primary N) is 1. The predicted octanol–water partition coefficient (Wildman–Crippen LogP) is 6.50. The third-order valence-electron chi connectivity index (χ3n) is 8.62. The average molecular weight is 438 g/mol. The number of hydrogen-bond acceptors (Lipinski definition) is 2. The van der Waals surface area contributed by atoms with E-state index in [9.17, 15) is 0 Å². The topological polar surface area (TPSA) is 53.1 Å². The lowest BCUT2D eigenvalue weighted by atomic mass is 9.77. The molecule has 3 aliphatic rings. The summed E-state index contributed by atoms with van der Waals surface area (Å²) in [5.41, 5.74) is 12.7. The van der Waals surface area contributed by atoms with Crippen LogP contribution in [0.3, 0.4) is 0 Å². The first-order valence-corrected chi connectivity index (χ1v) is 12.8. The second kappa shape index (κ2) is 8.29. The molecular weight excluding hydrogens is 402 g/mol. The number of hydrogen-bond donors (Lipinski definition) is 2. The molecule has 3 nitrogen and oxygen atoms in total. The van der Waals surface area contributed by atoms with E-state index in [0.29, 0.717) is 17.9 Å². The van der Waals surface area contributed by atoms with Crippen LogP contribution in [0.1, 0.15) is 84.2 Å². The van der Waals surface area contributed by atoms with Crippen LogP contribution in [-0.4, -0.2) is 24.3 Å². The van der Waals surface area contributed by atoms with Gasteiger partial charge in [0, 0.05) is 18.2 Å². The van der Waals surface area contributed by atoms with Crippen LogP contribution >= 0.6 is 0 Å². The van der Waals surface area contributed by atoms with Gasteiger partial charge in [-0.15, -0.1) is 0 Å². The van der Waals surface area contributed by atoms with Gasteiger partial charge in [0.15, 0.2) is 0 Å². The molecule has 0 amide bonds. The van der Waals surface area contributed by atoms with Crippen LogP contribution in [0.2, 0.25) is 0 Å². The summed E-state index contributed by atoms with van der Waals surface area (Å²) in [4.78, 5) is 2.64. The molecule has 3 N–H and O–H groups in total. The summed E-state index contributed by atoms with van der Waals surface area (Å²) < 4.78 is 0. The Morgan fingerprint density at radius 2 is 1.58 bits per heavy atom. The molecule has 170 valence electrons. The van der Waals surface area contributed by atoms with Gasteiger partial charge in [-0.25, -0.2) is 0 Å². The SMILES string of the molecule is CN1CCc2ccc([C@H]3CC3c3ccc4cc(C(=N)N)ccc4c3)cc2C1C1CCCCC1. The van der Waals surface area contributed by atoms with Crippen molar-refractivity contribution >= 4 is 16.6 Å². The van der Waals surface area contributed by atoms with E-state index in [1.54, 1.807) is 16.7 Å². The summed E-state index contributed by atoms with van der Waals surface area (Å²) in [5, 5.41) is 10.1. The third kappa shape index (κ3) is 3.87. The van der Waals surface area contributed by atoms with Gasteiger partial charge in [0.25, 0.3) is 0 Å². The molecule has 2 unspecified atom stereocenters. The summed E-state index contributed by atoms with van der Waals surface area (Å²) in [7, 11) is 2.35. The summed E-state index contributed by atoms with van der Waals surface area (Å²) >= 11 is 0. The smallest absolute Gasteiger partial charge is 0.122 e. The summed E-state index contributed by atoms with van der Waals surface area (Å²) in [6.07, 6.45) is 9.47. The molecule has 0 spiro atoms. The lowest BCUT2D eigenvalue weighted by Crippen LogP contribution is -2.37. The van der Waals surface area contributed by atoms with Crippen molar-refractivity contribution in [3.05, 3.63) is 82.4 Å². The molecular formula is C30H35N3. The van der Waals surface area contributed by atoms with Gasteiger partial charge in [0.05, 0.1) is 0 Å². The summed E-state index contributed by atoms with van der Waals surface area (Å²) in [5.74, 6) is 2.22. The largest absolute Gasteiger partial charge is 0.384 e. The van der Waals surface area contributed by atoms with Gasteiger partial charge in [-0.05, 0) is 89.6 Å². The molecule has 1 aliphatic heterocycles. The Kier molecular flexibility index (Phi) is 5.25. The van der Waals surface area contributed by atoms with E-state index in [1.807, 2.05) is 12.1 Å². The van der Waals surface area contributed by atoms with E-state index in [1.165, 1.54) is 62.4 Å². The maximum atomic E-state index is 7.69. The Hall–Kier alpha value is -2.65. The van der Waals surface area contributed by atoms with Gasteiger partial charge >= 0.3 is 0 Å². The third-order valence-corrected chi connectivity index (χ3v) is 8.62. The molecule has 2 aliphatic carbocycles. The van der Waals surface area contributed by atoms with E-state index < -0.39 is 0 Å². The molecule has 1 heterocycles. The molecule has 3 aromatic carbocycles. The predicted molar refractivity (Wildman–Crippen MR) is 137 cm³/mol. The summed E-state index contributed by atoms with van der Waals surface area (Å²) in [6, 6.07) is 21.0. The lowest BCUT2D eigenvalue weighted by molar-refractivity contribution is 0.134. The van der Waals surface area contributed by atoms with Crippen LogP contribution in [-0.2, 0) is 6.42 Å². The van der Waals surface area contributed by atoms with Crippen molar-refractivity contribution in [1.29, 1.82) is 5.41 Å². The number of nitrogens with one attached hydrogen (secondary N) is 1. The molecule has 2 saturated carbocycles. The van der Waals surface area contributed by atoms with Gasteiger partial charge in [-0.2, -0.15) is 0 Å². The van der Waals surface area contributed by atoms with Crippen LogP contribution < -0.4 is 5.73 Å². The Morgan fingerprint density at radius 1 is 0.879 bits per heavy atom. The zero-order valence-electron chi connectivity index (χ0n) is 19.7. The van der Waals surface area contributed by atoms with E-state index in [0.717, 1.165) is 16.9 Å². The van der Waals surface area contributed by atoms with Crippen molar-refractivity contribution in [3.63, 3.8) is 0 Å². The summed E-state index contributed by atoms with van der Waals surface area (Å²) in [6.45, 7) is 1.20. The zero-order valence-corrected chi connectivity index (χ0v) is 19.7. The maximum absolute atomic E-state index is 7.69. The zero-order chi connectivity index (χ0) is 22.5. The minimum absolute atomic E-state index is 0.132. The minimum Gasteiger partial charge on any atom is -0.384 e. The number of fused-ring (bicyclic) bond motifs is 2. The number of likely N-dealkylation sites (N-methyl/N-ethyl adjacent to an activating group) is 1. The number of rotatable bonds is 4.